The summed E-state index contributed by atoms with van der Waals surface area (Å²) >= 11 is 0. The van der Waals surface area contributed by atoms with E-state index in [1.165, 1.54) is 30.4 Å². The van der Waals surface area contributed by atoms with Gasteiger partial charge in [0.05, 0.1) is 6.04 Å². The van der Waals surface area contributed by atoms with Crippen molar-refractivity contribution < 1.29 is 14.9 Å². The van der Waals surface area contributed by atoms with Crippen LogP contribution in [-0.4, -0.2) is 32.0 Å². The highest BCUT2D eigenvalue weighted by Crippen LogP contribution is 2.24. The minimum absolute atomic E-state index is 0.00636. The molecule has 0 radical (unpaired) electrons. The number of likely N-dealkylation sites (N-methyl/N-ethyl adjacent to an activating group) is 1. The second kappa shape index (κ2) is 7.94. The van der Waals surface area contributed by atoms with Gasteiger partial charge in [-0.2, -0.15) is 0 Å². The highest BCUT2D eigenvalue weighted by Gasteiger charge is 2.15. The van der Waals surface area contributed by atoms with Crippen molar-refractivity contribution in [2.75, 3.05) is 20.1 Å². The van der Waals surface area contributed by atoms with Crippen molar-refractivity contribution in [3.8, 4) is 0 Å². The Balaban J connectivity index is 1.85. The predicted molar refractivity (Wildman–Crippen MR) is 85.4 cm³/mol. The van der Waals surface area contributed by atoms with Gasteiger partial charge in [-0.05, 0) is 49.3 Å². The van der Waals surface area contributed by atoms with E-state index in [9.17, 15) is 9.59 Å². The first-order valence-corrected chi connectivity index (χ1v) is 8.03. The monoisotopic (exact) mass is 304 g/mol. The second-order valence-corrected chi connectivity index (χ2v) is 5.89. The number of amides is 2. The quantitative estimate of drug-likeness (QED) is 0.695. The van der Waals surface area contributed by atoms with Gasteiger partial charge < -0.3 is 16.0 Å². The zero-order chi connectivity index (χ0) is 15.9. The molecule has 0 heterocycles. The molecule has 1 aliphatic carbocycles. The van der Waals surface area contributed by atoms with Gasteiger partial charge in [-0.1, -0.05) is 18.2 Å². The Kier molecular flexibility index (Phi) is 5.95. The number of benzene rings is 1. The largest absolute Gasteiger partial charge is 0.354 e. The molecule has 0 spiro atoms. The molecule has 0 bridgehead atoms. The maximum Gasteiger partial charge on any atom is 0.275 e. The Hall–Kier alpha value is -1.88. The van der Waals surface area contributed by atoms with Gasteiger partial charge in [0, 0.05) is 7.05 Å². The number of nitrogens with two attached hydrogens (primary N) is 1. The van der Waals surface area contributed by atoms with Crippen molar-refractivity contribution in [2.45, 2.75) is 38.6 Å². The van der Waals surface area contributed by atoms with Crippen molar-refractivity contribution >= 4 is 11.8 Å². The summed E-state index contributed by atoms with van der Waals surface area (Å²) in [6.45, 7) is 2.54. The van der Waals surface area contributed by atoms with E-state index in [2.05, 4.69) is 28.8 Å². The highest BCUT2D eigenvalue weighted by molar-refractivity contribution is 5.78. The fraction of sp³-hybridized carbons (Fsp3) is 0.529. The van der Waals surface area contributed by atoms with Crippen molar-refractivity contribution in [3.05, 3.63) is 34.9 Å². The molecule has 2 rings (SSSR count). The summed E-state index contributed by atoms with van der Waals surface area (Å²) in [5.41, 5.74) is 4.03. The lowest BCUT2D eigenvalue weighted by Crippen LogP contribution is -2.88. The summed E-state index contributed by atoms with van der Waals surface area (Å²) in [4.78, 5) is 23.0. The summed E-state index contributed by atoms with van der Waals surface area (Å²) in [5, 5.41) is 7.23. The third-order valence-electron chi connectivity index (χ3n) is 4.19. The number of aryl methyl sites for hydroxylation is 2. The highest BCUT2D eigenvalue weighted by atomic mass is 16.2. The summed E-state index contributed by atoms with van der Waals surface area (Å²) in [5.74, 6) is -0.121. The zero-order valence-corrected chi connectivity index (χ0v) is 13.4. The molecule has 0 saturated heterocycles. The minimum atomic E-state index is -0.0736. The lowest BCUT2D eigenvalue weighted by Gasteiger charge is -2.19. The molecule has 0 aliphatic heterocycles. The number of fused-ring (bicyclic) bond motifs is 1. The summed E-state index contributed by atoms with van der Waals surface area (Å²) in [6.07, 6.45) is 4.85. The minimum Gasteiger partial charge on any atom is -0.354 e. The Morgan fingerprint density at radius 2 is 1.82 bits per heavy atom. The van der Waals surface area contributed by atoms with E-state index >= 15 is 0 Å². The number of nitrogens with one attached hydrogen (secondary N) is 2. The molecule has 5 heteroatoms. The Morgan fingerprint density at radius 1 is 1.14 bits per heavy atom. The average Bonchev–Trinajstić information content (AvgIpc) is 2.54. The first kappa shape index (κ1) is 16.5. The number of hydrogen-bond acceptors (Lipinski definition) is 2. The van der Waals surface area contributed by atoms with Gasteiger partial charge in [0.15, 0.2) is 13.1 Å². The lowest BCUT2D eigenvalue weighted by molar-refractivity contribution is -0.633. The van der Waals surface area contributed by atoms with Crippen LogP contribution in [-0.2, 0) is 22.4 Å². The number of carbonyl (C=O) groups is 2. The van der Waals surface area contributed by atoms with Crippen LogP contribution in [0, 0.1) is 0 Å². The summed E-state index contributed by atoms with van der Waals surface area (Å²) in [6, 6.07) is 6.54. The third-order valence-corrected chi connectivity index (χ3v) is 4.19. The predicted octanol–water partition coefficient (Wildman–Crippen LogP) is 0.0520. The molecule has 22 heavy (non-hydrogen) atoms. The van der Waals surface area contributed by atoms with Gasteiger partial charge in [0.2, 0.25) is 0 Å². The van der Waals surface area contributed by atoms with Crippen LogP contribution < -0.4 is 16.0 Å². The summed E-state index contributed by atoms with van der Waals surface area (Å²) < 4.78 is 0. The standard InChI is InChI=1S/C17H25N3O2/c1-12(20-17(22)11-19-10-16(21)18-2)14-8-7-13-5-3-4-6-15(13)9-14/h7-9,12,19H,3-6,10-11H2,1-2H3,(H,18,21)(H,20,22)/p+1/t12-/m1/s1. The second-order valence-electron chi connectivity index (χ2n) is 5.89. The Bertz CT molecular complexity index is 543. The molecule has 0 aromatic heterocycles. The fourth-order valence-corrected chi connectivity index (χ4v) is 2.84. The van der Waals surface area contributed by atoms with Crippen molar-refractivity contribution in [3.63, 3.8) is 0 Å². The first-order valence-electron chi connectivity index (χ1n) is 8.03. The molecular formula is C17H26N3O2+. The molecule has 1 aromatic carbocycles. The SMILES string of the molecule is CNC(=O)C[NH2+]CC(=O)N[C@H](C)c1ccc2c(c1)CCCC2. The first-order chi connectivity index (χ1) is 10.6. The number of carbonyl (C=O) groups excluding carboxylic acids is 2. The zero-order valence-electron chi connectivity index (χ0n) is 13.4. The molecule has 1 atom stereocenters. The molecule has 0 fully saturated rings. The summed E-state index contributed by atoms with van der Waals surface area (Å²) in [7, 11) is 1.59. The van der Waals surface area contributed by atoms with E-state index in [1.807, 2.05) is 6.92 Å². The van der Waals surface area contributed by atoms with Gasteiger partial charge >= 0.3 is 0 Å². The van der Waals surface area contributed by atoms with Crippen LogP contribution in [0.25, 0.3) is 0 Å². The van der Waals surface area contributed by atoms with E-state index in [4.69, 9.17) is 0 Å². The van der Waals surface area contributed by atoms with E-state index in [-0.39, 0.29) is 30.9 Å². The molecule has 2 amide bonds. The van der Waals surface area contributed by atoms with Crippen LogP contribution in [0.5, 0.6) is 0 Å². The molecule has 1 aliphatic rings. The van der Waals surface area contributed by atoms with Crippen LogP contribution >= 0.6 is 0 Å². The van der Waals surface area contributed by atoms with Crippen molar-refractivity contribution in [1.29, 1.82) is 0 Å². The topological polar surface area (TPSA) is 74.8 Å². The molecule has 4 N–H and O–H groups in total. The third kappa shape index (κ3) is 4.56. The van der Waals surface area contributed by atoms with Crippen LogP contribution in [0.2, 0.25) is 0 Å². The smallest absolute Gasteiger partial charge is 0.275 e. The van der Waals surface area contributed by atoms with E-state index in [0.717, 1.165) is 12.0 Å². The Labute approximate surface area is 131 Å². The van der Waals surface area contributed by atoms with Crippen LogP contribution in [0.3, 0.4) is 0 Å². The fourth-order valence-electron chi connectivity index (χ4n) is 2.84. The molecular weight excluding hydrogens is 278 g/mol. The van der Waals surface area contributed by atoms with Gasteiger partial charge in [-0.3, -0.25) is 9.59 Å². The maximum atomic E-state index is 11.9. The van der Waals surface area contributed by atoms with Gasteiger partial charge in [0.25, 0.3) is 11.8 Å². The number of rotatable bonds is 6. The number of hydrogen-bond donors (Lipinski definition) is 3. The molecule has 0 saturated carbocycles. The molecule has 5 nitrogen and oxygen atoms in total. The molecule has 0 unspecified atom stereocenters. The van der Waals surface area contributed by atoms with Crippen molar-refractivity contribution in [1.82, 2.24) is 10.6 Å². The van der Waals surface area contributed by atoms with Crippen LogP contribution in [0.4, 0.5) is 0 Å². The van der Waals surface area contributed by atoms with Crippen molar-refractivity contribution in [2.24, 2.45) is 0 Å². The Morgan fingerprint density at radius 3 is 2.55 bits per heavy atom. The van der Waals surface area contributed by atoms with Gasteiger partial charge in [-0.25, -0.2) is 0 Å². The van der Waals surface area contributed by atoms with Crippen LogP contribution in [0.1, 0.15) is 42.5 Å². The van der Waals surface area contributed by atoms with Crippen LogP contribution in [0.15, 0.2) is 18.2 Å². The normalized spacial score (nSPS) is 14.8. The maximum absolute atomic E-state index is 11.9. The average molecular weight is 304 g/mol. The van der Waals surface area contributed by atoms with Gasteiger partial charge in [0.1, 0.15) is 0 Å². The van der Waals surface area contributed by atoms with Gasteiger partial charge in [-0.15, -0.1) is 0 Å². The lowest BCUT2D eigenvalue weighted by atomic mass is 9.89. The molecule has 120 valence electrons. The van der Waals surface area contributed by atoms with E-state index in [1.54, 1.807) is 12.4 Å². The van der Waals surface area contributed by atoms with E-state index < -0.39 is 0 Å². The van der Waals surface area contributed by atoms with E-state index in [0.29, 0.717) is 0 Å². The molecule has 1 aromatic rings. The number of quaternary nitrogens is 1.